The number of hydrogen-bond donors (Lipinski definition) is 1. The van der Waals surface area contributed by atoms with Gasteiger partial charge >= 0.3 is 5.97 Å². The molecule has 6 heteroatoms. The number of fused-ring (bicyclic) bond motifs is 3. The van der Waals surface area contributed by atoms with Gasteiger partial charge in [0.2, 0.25) is 0 Å². The third-order valence-corrected chi connectivity index (χ3v) is 6.95. The van der Waals surface area contributed by atoms with E-state index in [-0.39, 0.29) is 18.6 Å². The van der Waals surface area contributed by atoms with E-state index in [2.05, 4.69) is 20.8 Å². The van der Waals surface area contributed by atoms with E-state index in [1.165, 1.54) is 5.56 Å². The maximum Gasteiger partial charge on any atom is 0.309 e. The zero-order valence-corrected chi connectivity index (χ0v) is 20.7. The molecule has 2 aromatic carbocycles. The van der Waals surface area contributed by atoms with Crippen LogP contribution in [0.1, 0.15) is 70.6 Å². The number of carbonyl (C=O) groups is 1. The molecule has 0 saturated carbocycles. The average Bonchev–Trinajstić information content (AvgIpc) is 2.81. The Morgan fingerprint density at radius 2 is 1.82 bits per heavy atom. The van der Waals surface area contributed by atoms with Gasteiger partial charge in [0.25, 0.3) is 0 Å². The van der Waals surface area contributed by atoms with Crippen LogP contribution in [0.5, 0.6) is 17.2 Å². The molecule has 0 amide bonds. The normalized spacial score (nSPS) is 25.1. The molecule has 1 saturated heterocycles. The first-order chi connectivity index (χ1) is 16.2. The van der Waals surface area contributed by atoms with E-state index in [0.29, 0.717) is 24.7 Å². The highest BCUT2D eigenvalue weighted by Crippen LogP contribution is 2.52. The number of rotatable bonds is 8. The quantitative estimate of drug-likeness (QED) is 0.512. The Kier molecular flexibility index (Phi) is 7.08. The standard InChI is InChI=1S/C28H36O6/c1-6-13-31-20-11-12-24-21(14-20)26-23(28(4,5)34-24)15-22(27(29)30)25(33-26)16-32-19-9-7-18(8-10-19)17(2)3/h7-12,14,17,22-23,25-26H,6,13,15-16H2,1-5H3,(H,29,30)/t22-,23-,25-,26+/m0/s1. The van der Waals surface area contributed by atoms with Crippen LogP contribution < -0.4 is 14.2 Å². The van der Waals surface area contributed by atoms with E-state index in [1.807, 2.05) is 56.3 Å². The van der Waals surface area contributed by atoms with Crippen molar-refractivity contribution >= 4 is 5.97 Å². The zero-order valence-electron chi connectivity index (χ0n) is 20.7. The number of carboxylic acids is 1. The Balaban J connectivity index is 1.58. The van der Waals surface area contributed by atoms with Crippen LogP contribution in [0.15, 0.2) is 42.5 Å². The molecule has 4 atom stereocenters. The van der Waals surface area contributed by atoms with Crippen molar-refractivity contribution in [2.24, 2.45) is 11.8 Å². The molecule has 184 valence electrons. The first kappa shape index (κ1) is 24.4. The molecule has 6 nitrogen and oxygen atoms in total. The van der Waals surface area contributed by atoms with Crippen LogP contribution in [-0.2, 0) is 9.53 Å². The third kappa shape index (κ3) is 5.02. The molecule has 0 aromatic heterocycles. The summed E-state index contributed by atoms with van der Waals surface area (Å²) in [6.45, 7) is 11.2. The number of aliphatic carboxylic acids is 1. The molecule has 2 aliphatic heterocycles. The van der Waals surface area contributed by atoms with E-state index in [0.717, 1.165) is 23.5 Å². The number of benzene rings is 2. The molecule has 4 rings (SSSR count). The summed E-state index contributed by atoms with van der Waals surface area (Å²) in [5.41, 5.74) is 1.58. The molecule has 0 radical (unpaired) electrons. The van der Waals surface area contributed by atoms with Gasteiger partial charge in [-0.3, -0.25) is 4.79 Å². The maximum absolute atomic E-state index is 12.2. The van der Waals surface area contributed by atoms with E-state index < -0.39 is 23.6 Å². The number of carboxylic acid groups (broad SMARTS) is 1. The predicted molar refractivity (Wildman–Crippen MR) is 130 cm³/mol. The van der Waals surface area contributed by atoms with Crippen molar-refractivity contribution in [2.75, 3.05) is 13.2 Å². The first-order valence-corrected chi connectivity index (χ1v) is 12.3. The highest BCUT2D eigenvalue weighted by molar-refractivity contribution is 5.71. The van der Waals surface area contributed by atoms with Gasteiger partial charge in [0.05, 0.1) is 18.6 Å². The van der Waals surface area contributed by atoms with Crippen molar-refractivity contribution in [1.29, 1.82) is 0 Å². The fourth-order valence-corrected chi connectivity index (χ4v) is 4.92. The van der Waals surface area contributed by atoms with Crippen LogP contribution >= 0.6 is 0 Å². The molecule has 2 aliphatic rings. The van der Waals surface area contributed by atoms with Crippen molar-refractivity contribution < 1.29 is 28.8 Å². The minimum absolute atomic E-state index is 0.107. The fourth-order valence-electron chi connectivity index (χ4n) is 4.92. The summed E-state index contributed by atoms with van der Waals surface area (Å²) in [7, 11) is 0. The highest BCUT2D eigenvalue weighted by atomic mass is 16.6. The summed E-state index contributed by atoms with van der Waals surface area (Å²) in [5.74, 6) is 1.01. The Morgan fingerprint density at radius 1 is 1.12 bits per heavy atom. The SMILES string of the molecule is CCCOc1ccc2c(c1)[C@H]1O[C@@H](COc3ccc(C(C)C)cc3)[C@@H](C(=O)O)C[C@@H]1C(C)(C)O2. The zero-order chi connectivity index (χ0) is 24.5. The van der Waals surface area contributed by atoms with Crippen molar-refractivity contribution in [3.63, 3.8) is 0 Å². The molecule has 2 aromatic rings. The maximum atomic E-state index is 12.2. The van der Waals surface area contributed by atoms with Gasteiger partial charge in [0.1, 0.15) is 35.6 Å². The largest absolute Gasteiger partial charge is 0.494 e. The van der Waals surface area contributed by atoms with Crippen LogP contribution in [0.25, 0.3) is 0 Å². The summed E-state index contributed by atoms with van der Waals surface area (Å²) in [6.07, 6.45) is 0.496. The van der Waals surface area contributed by atoms with Crippen molar-refractivity contribution in [3.05, 3.63) is 53.6 Å². The van der Waals surface area contributed by atoms with Crippen LogP contribution in [0.3, 0.4) is 0 Å². The van der Waals surface area contributed by atoms with Crippen molar-refractivity contribution in [1.82, 2.24) is 0 Å². The van der Waals surface area contributed by atoms with E-state index in [4.69, 9.17) is 18.9 Å². The Morgan fingerprint density at radius 3 is 2.47 bits per heavy atom. The lowest BCUT2D eigenvalue weighted by molar-refractivity contribution is -0.192. The molecule has 0 unspecified atom stereocenters. The van der Waals surface area contributed by atoms with Crippen LogP contribution in [-0.4, -0.2) is 36.0 Å². The lowest BCUT2D eigenvalue weighted by Crippen LogP contribution is -2.53. The molecule has 0 bridgehead atoms. The summed E-state index contributed by atoms with van der Waals surface area (Å²) >= 11 is 0. The number of hydrogen-bond acceptors (Lipinski definition) is 5. The molecule has 1 fully saturated rings. The molecular weight excluding hydrogens is 432 g/mol. The predicted octanol–water partition coefficient (Wildman–Crippen LogP) is 6.00. The van der Waals surface area contributed by atoms with Gasteiger partial charge in [-0.1, -0.05) is 32.9 Å². The second kappa shape index (κ2) is 9.87. The Hall–Kier alpha value is -2.73. The lowest BCUT2D eigenvalue weighted by Gasteiger charge is -2.50. The Labute approximate surface area is 202 Å². The molecule has 2 heterocycles. The molecule has 0 aliphatic carbocycles. The number of ether oxygens (including phenoxy) is 4. The van der Waals surface area contributed by atoms with Crippen LogP contribution in [0.4, 0.5) is 0 Å². The second-order valence-electron chi connectivity index (χ2n) is 10.2. The summed E-state index contributed by atoms with van der Waals surface area (Å²) < 4.78 is 24.7. The average molecular weight is 469 g/mol. The topological polar surface area (TPSA) is 74.2 Å². The van der Waals surface area contributed by atoms with Crippen LogP contribution in [0.2, 0.25) is 0 Å². The van der Waals surface area contributed by atoms with Crippen molar-refractivity contribution in [3.8, 4) is 17.2 Å². The minimum Gasteiger partial charge on any atom is -0.494 e. The van der Waals surface area contributed by atoms with E-state index in [9.17, 15) is 9.90 Å². The van der Waals surface area contributed by atoms with Gasteiger partial charge in [-0.2, -0.15) is 0 Å². The summed E-state index contributed by atoms with van der Waals surface area (Å²) in [4.78, 5) is 12.2. The first-order valence-electron chi connectivity index (χ1n) is 12.3. The van der Waals surface area contributed by atoms with Gasteiger partial charge in [0, 0.05) is 11.5 Å². The van der Waals surface area contributed by atoms with E-state index >= 15 is 0 Å². The fraction of sp³-hybridized carbons (Fsp3) is 0.536. The van der Waals surface area contributed by atoms with Crippen molar-refractivity contribution in [2.45, 2.75) is 71.2 Å². The van der Waals surface area contributed by atoms with E-state index in [1.54, 1.807) is 0 Å². The summed E-state index contributed by atoms with van der Waals surface area (Å²) in [5, 5.41) is 10.0. The lowest BCUT2D eigenvalue weighted by atomic mass is 9.72. The molecule has 1 N–H and O–H groups in total. The van der Waals surface area contributed by atoms with Gasteiger partial charge < -0.3 is 24.1 Å². The van der Waals surface area contributed by atoms with Gasteiger partial charge in [-0.15, -0.1) is 0 Å². The Bertz CT molecular complexity index is 996. The smallest absolute Gasteiger partial charge is 0.309 e. The van der Waals surface area contributed by atoms with Gasteiger partial charge in [-0.25, -0.2) is 0 Å². The summed E-state index contributed by atoms with van der Waals surface area (Å²) in [6, 6.07) is 13.8. The second-order valence-corrected chi connectivity index (χ2v) is 10.2. The minimum atomic E-state index is -0.871. The van der Waals surface area contributed by atoms with Gasteiger partial charge in [-0.05, 0) is 68.5 Å². The molecule has 0 spiro atoms. The highest BCUT2D eigenvalue weighted by Gasteiger charge is 2.52. The molecular formula is C28H36O6. The molecule has 34 heavy (non-hydrogen) atoms. The monoisotopic (exact) mass is 468 g/mol. The third-order valence-electron chi connectivity index (χ3n) is 6.95. The van der Waals surface area contributed by atoms with Gasteiger partial charge in [0.15, 0.2) is 0 Å². The van der Waals surface area contributed by atoms with Crippen LogP contribution in [0, 0.1) is 11.8 Å².